The van der Waals surface area contributed by atoms with E-state index in [0.29, 0.717) is 12.0 Å². The van der Waals surface area contributed by atoms with Crippen LogP contribution in [0, 0.1) is 12.8 Å². The average molecular weight is 280 g/mol. The number of carbonyl (C=O) groups excluding carboxylic acids is 1. The van der Waals surface area contributed by atoms with Gasteiger partial charge in [0, 0.05) is 12.6 Å². The molecule has 2 fully saturated rings. The van der Waals surface area contributed by atoms with E-state index < -0.39 is 0 Å². The van der Waals surface area contributed by atoms with Gasteiger partial charge in [0.2, 0.25) is 0 Å². The highest BCUT2D eigenvalue weighted by molar-refractivity contribution is 7.07. The molecule has 1 aromatic rings. The minimum Gasteiger partial charge on any atom is -0.335 e. The van der Waals surface area contributed by atoms with Gasteiger partial charge in [0.05, 0.1) is 5.69 Å². The zero-order valence-electron chi connectivity index (χ0n) is 11.3. The number of carbonyl (C=O) groups is 1. The normalized spacial score (nSPS) is 23.3. The van der Waals surface area contributed by atoms with Crippen LogP contribution in [0.25, 0.3) is 0 Å². The van der Waals surface area contributed by atoms with Gasteiger partial charge in [-0.25, -0.2) is 0 Å². The molecule has 1 amide bonds. The molecule has 104 valence electrons. The summed E-state index contributed by atoms with van der Waals surface area (Å²) in [7, 11) is 0. The monoisotopic (exact) mass is 280 g/mol. The Bertz CT molecular complexity index is 451. The lowest BCUT2D eigenvalue weighted by atomic mass is 9.99. The molecule has 1 saturated heterocycles. The highest BCUT2D eigenvalue weighted by Crippen LogP contribution is 2.30. The van der Waals surface area contributed by atoms with Crippen LogP contribution in [0.4, 0.5) is 0 Å². The topological polar surface area (TPSA) is 58.1 Å². The summed E-state index contributed by atoms with van der Waals surface area (Å²) in [6.07, 6.45) is 4.75. The van der Waals surface area contributed by atoms with Crippen LogP contribution in [0.5, 0.6) is 0 Å². The van der Waals surface area contributed by atoms with Crippen molar-refractivity contribution in [2.24, 2.45) is 5.92 Å². The van der Waals surface area contributed by atoms with Gasteiger partial charge in [-0.05, 0) is 63.1 Å². The number of amides is 1. The van der Waals surface area contributed by atoms with Crippen molar-refractivity contribution in [2.45, 2.75) is 38.6 Å². The molecule has 2 heterocycles. The van der Waals surface area contributed by atoms with Gasteiger partial charge in [-0.3, -0.25) is 4.79 Å². The average Bonchev–Trinajstić information content (AvgIpc) is 3.18. The van der Waals surface area contributed by atoms with Crippen molar-refractivity contribution in [3.8, 4) is 0 Å². The van der Waals surface area contributed by atoms with Crippen molar-refractivity contribution in [2.75, 3.05) is 19.6 Å². The second-order valence-electron chi connectivity index (χ2n) is 5.59. The van der Waals surface area contributed by atoms with Gasteiger partial charge in [-0.1, -0.05) is 4.49 Å². The van der Waals surface area contributed by atoms with E-state index in [1.165, 1.54) is 24.4 Å². The number of nitrogens with zero attached hydrogens (tertiary/aromatic N) is 3. The second-order valence-corrected chi connectivity index (χ2v) is 6.34. The van der Waals surface area contributed by atoms with Gasteiger partial charge in [-0.15, -0.1) is 5.10 Å². The van der Waals surface area contributed by atoms with E-state index in [-0.39, 0.29) is 5.91 Å². The Morgan fingerprint density at radius 1 is 1.47 bits per heavy atom. The molecule has 1 aromatic heterocycles. The largest absolute Gasteiger partial charge is 0.335 e. The lowest BCUT2D eigenvalue weighted by Gasteiger charge is -2.30. The first-order chi connectivity index (χ1) is 9.25. The standard InChI is InChI=1S/C13H20N4OS/c1-9-12(19-16-15-9)13(18)17(11-4-5-11)8-10-3-2-6-14-7-10/h10-11,14H,2-8H2,1H3. The quantitative estimate of drug-likeness (QED) is 0.907. The number of aromatic nitrogens is 2. The van der Waals surface area contributed by atoms with Crippen LogP contribution >= 0.6 is 11.5 Å². The fourth-order valence-corrected chi connectivity index (χ4v) is 3.31. The summed E-state index contributed by atoms with van der Waals surface area (Å²) in [5.74, 6) is 0.736. The van der Waals surface area contributed by atoms with E-state index in [0.717, 1.165) is 43.0 Å². The maximum atomic E-state index is 12.6. The van der Waals surface area contributed by atoms with E-state index in [9.17, 15) is 4.79 Å². The molecule has 1 saturated carbocycles. The first-order valence-corrected chi connectivity index (χ1v) is 7.83. The molecule has 0 spiro atoms. The Labute approximate surface area is 117 Å². The molecule has 1 unspecified atom stereocenters. The molecule has 1 N–H and O–H groups in total. The molecule has 1 atom stereocenters. The van der Waals surface area contributed by atoms with Crippen molar-refractivity contribution in [1.82, 2.24) is 19.8 Å². The van der Waals surface area contributed by atoms with Crippen LogP contribution in [0.15, 0.2) is 0 Å². The Morgan fingerprint density at radius 3 is 2.89 bits per heavy atom. The second kappa shape index (κ2) is 5.54. The SMILES string of the molecule is Cc1nnsc1C(=O)N(CC1CCCNC1)C1CC1. The molecule has 0 radical (unpaired) electrons. The minimum absolute atomic E-state index is 0.139. The van der Waals surface area contributed by atoms with E-state index >= 15 is 0 Å². The van der Waals surface area contributed by atoms with E-state index in [1.807, 2.05) is 6.92 Å². The first-order valence-electron chi connectivity index (χ1n) is 7.06. The first kappa shape index (κ1) is 13.0. The third kappa shape index (κ3) is 2.95. The van der Waals surface area contributed by atoms with Gasteiger partial charge in [-0.2, -0.15) is 0 Å². The Hall–Kier alpha value is -1.01. The Kier molecular flexibility index (Phi) is 3.79. The van der Waals surface area contributed by atoms with Crippen LogP contribution in [-0.2, 0) is 0 Å². The highest BCUT2D eigenvalue weighted by atomic mass is 32.1. The number of aryl methyl sites for hydroxylation is 1. The molecule has 19 heavy (non-hydrogen) atoms. The molecule has 1 aliphatic carbocycles. The number of piperidine rings is 1. The Morgan fingerprint density at radius 2 is 2.32 bits per heavy atom. The van der Waals surface area contributed by atoms with E-state index in [2.05, 4.69) is 19.8 Å². The number of hydrogen-bond acceptors (Lipinski definition) is 5. The summed E-state index contributed by atoms with van der Waals surface area (Å²) < 4.78 is 3.88. The van der Waals surface area contributed by atoms with Crippen molar-refractivity contribution in [3.63, 3.8) is 0 Å². The molecule has 6 heteroatoms. The van der Waals surface area contributed by atoms with Crippen molar-refractivity contribution in [3.05, 3.63) is 10.6 Å². The lowest BCUT2D eigenvalue weighted by Crippen LogP contribution is -2.42. The maximum absolute atomic E-state index is 12.6. The van der Waals surface area contributed by atoms with Gasteiger partial charge < -0.3 is 10.2 Å². The molecular formula is C13H20N4OS. The van der Waals surface area contributed by atoms with Gasteiger partial charge >= 0.3 is 0 Å². The van der Waals surface area contributed by atoms with Gasteiger partial charge in [0.15, 0.2) is 0 Å². The van der Waals surface area contributed by atoms with Crippen LogP contribution in [-0.4, -0.2) is 46.1 Å². The van der Waals surface area contributed by atoms with Crippen molar-refractivity contribution >= 4 is 17.4 Å². The number of hydrogen-bond donors (Lipinski definition) is 1. The fourth-order valence-electron chi connectivity index (χ4n) is 2.70. The predicted molar refractivity (Wildman–Crippen MR) is 74.3 cm³/mol. The minimum atomic E-state index is 0.139. The summed E-state index contributed by atoms with van der Waals surface area (Å²) >= 11 is 1.23. The van der Waals surface area contributed by atoms with E-state index in [1.54, 1.807) is 0 Å². The Balaban J connectivity index is 1.70. The van der Waals surface area contributed by atoms with E-state index in [4.69, 9.17) is 0 Å². The summed E-state index contributed by atoms with van der Waals surface area (Å²) in [5, 5.41) is 7.38. The lowest BCUT2D eigenvalue weighted by molar-refractivity contribution is 0.0708. The molecule has 5 nitrogen and oxygen atoms in total. The van der Waals surface area contributed by atoms with Crippen LogP contribution in [0.3, 0.4) is 0 Å². The molecule has 2 aliphatic rings. The zero-order valence-corrected chi connectivity index (χ0v) is 12.1. The summed E-state index contributed by atoms with van der Waals surface area (Å²) in [4.78, 5) is 15.4. The number of nitrogens with one attached hydrogen (secondary N) is 1. The summed E-state index contributed by atoms with van der Waals surface area (Å²) in [6, 6.07) is 0.455. The number of rotatable bonds is 4. The van der Waals surface area contributed by atoms with Crippen LogP contribution in [0.1, 0.15) is 41.0 Å². The molecule has 1 aliphatic heterocycles. The van der Waals surface area contributed by atoms with Gasteiger partial charge in [0.25, 0.3) is 5.91 Å². The fraction of sp³-hybridized carbons (Fsp3) is 0.769. The molecule has 0 aromatic carbocycles. The third-order valence-corrected chi connectivity index (χ3v) is 4.76. The van der Waals surface area contributed by atoms with Crippen LogP contribution < -0.4 is 5.32 Å². The third-order valence-electron chi connectivity index (χ3n) is 3.95. The summed E-state index contributed by atoms with van der Waals surface area (Å²) in [5.41, 5.74) is 0.766. The molecular weight excluding hydrogens is 260 g/mol. The van der Waals surface area contributed by atoms with Crippen molar-refractivity contribution < 1.29 is 4.79 Å². The smallest absolute Gasteiger partial charge is 0.267 e. The molecule has 3 rings (SSSR count). The zero-order chi connectivity index (χ0) is 13.2. The van der Waals surface area contributed by atoms with Crippen LogP contribution in [0.2, 0.25) is 0 Å². The maximum Gasteiger partial charge on any atom is 0.267 e. The molecule has 0 bridgehead atoms. The van der Waals surface area contributed by atoms with Crippen molar-refractivity contribution in [1.29, 1.82) is 0 Å². The van der Waals surface area contributed by atoms with Gasteiger partial charge in [0.1, 0.15) is 4.88 Å². The predicted octanol–water partition coefficient (Wildman–Crippen LogP) is 1.45. The summed E-state index contributed by atoms with van der Waals surface area (Å²) in [6.45, 7) is 4.90. The highest BCUT2D eigenvalue weighted by Gasteiger charge is 2.35.